The van der Waals surface area contributed by atoms with Crippen molar-refractivity contribution >= 4 is 21.4 Å². The Morgan fingerprint density at radius 2 is 1.67 bits per heavy atom. The molecule has 0 unspecified atom stereocenters. The van der Waals surface area contributed by atoms with Crippen LogP contribution in [-0.2, 0) is 10.0 Å². The SMILES string of the molecule is CCOc1ccc([C@H]2Nc3ccc(S(=O)(=O)Nc4cc(OC)ccc4OC)cc3[C@H]3C=CC[C@H]32)cc1OCC. The van der Waals surface area contributed by atoms with Crippen LogP contribution in [0.4, 0.5) is 11.4 Å². The minimum Gasteiger partial charge on any atom is -0.497 e. The van der Waals surface area contributed by atoms with Crippen LogP contribution in [0, 0.1) is 5.92 Å². The molecule has 0 spiro atoms. The molecule has 9 heteroatoms. The number of methoxy groups -OCH3 is 2. The molecule has 0 fully saturated rings. The van der Waals surface area contributed by atoms with Crippen molar-refractivity contribution in [2.75, 3.05) is 37.5 Å². The maximum Gasteiger partial charge on any atom is 0.262 e. The minimum absolute atomic E-state index is 0.0361. The largest absolute Gasteiger partial charge is 0.497 e. The van der Waals surface area contributed by atoms with Crippen LogP contribution in [0.25, 0.3) is 0 Å². The number of rotatable bonds is 10. The Balaban J connectivity index is 1.47. The number of ether oxygens (including phenoxy) is 4. The van der Waals surface area contributed by atoms with E-state index in [9.17, 15) is 8.42 Å². The standard InChI is InChI=1S/C30H34N2O6S/c1-5-37-28-14-10-19(16-29(28)38-6-2)30-23-9-7-8-22(23)24-18-21(12-13-25(24)31-30)39(33,34)32-26-17-20(35-3)11-15-27(26)36-4/h7-8,10-18,22-23,30-32H,5-6,9H2,1-4H3/t22-,23+,30+/m0/s1. The molecule has 5 rings (SSSR count). The summed E-state index contributed by atoms with van der Waals surface area (Å²) in [6.07, 6.45) is 5.25. The summed E-state index contributed by atoms with van der Waals surface area (Å²) in [5.41, 5.74) is 3.29. The number of allylic oxidation sites excluding steroid dienone is 2. The highest BCUT2D eigenvalue weighted by Crippen LogP contribution is 2.51. The van der Waals surface area contributed by atoms with Gasteiger partial charge in [0.15, 0.2) is 11.5 Å². The molecule has 3 aromatic rings. The second-order valence-corrected chi connectivity index (χ2v) is 11.2. The number of hydrogen-bond acceptors (Lipinski definition) is 7. The molecule has 0 aromatic heterocycles. The topological polar surface area (TPSA) is 95.1 Å². The van der Waals surface area contributed by atoms with Gasteiger partial charge < -0.3 is 24.3 Å². The number of sulfonamides is 1. The molecular formula is C30H34N2O6S. The van der Waals surface area contributed by atoms with E-state index in [0.29, 0.717) is 30.4 Å². The maximum absolute atomic E-state index is 13.4. The van der Waals surface area contributed by atoms with Gasteiger partial charge in [0.2, 0.25) is 0 Å². The summed E-state index contributed by atoms with van der Waals surface area (Å²) in [4.78, 5) is 0.185. The van der Waals surface area contributed by atoms with Gasteiger partial charge in [0.05, 0.1) is 44.1 Å². The summed E-state index contributed by atoms with van der Waals surface area (Å²) in [6.45, 7) is 5.02. The molecule has 206 valence electrons. The molecule has 2 N–H and O–H groups in total. The maximum atomic E-state index is 13.4. The lowest BCUT2D eigenvalue weighted by atomic mass is 9.77. The first-order valence-corrected chi connectivity index (χ1v) is 14.6. The van der Waals surface area contributed by atoms with E-state index in [1.165, 1.54) is 14.2 Å². The normalized spacial score (nSPS) is 19.4. The van der Waals surface area contributed by atoms with Gasteiger partial charge in [-0.25, -0.2) is 8.42 Å². The number of fused-ring (bicyclic) bond motifs is 3. The van der Waals surface area contributed by atoms with E-state index in [0.717, 1.165) is 34.7 Å². The van der Waals surface area contributed by atoms with Gasteiger partial charge in [-0.3, -0.25) is 4.72 Å². The molecule has 8 nitrogen and oxygen atoms in total. The Bertz CT molecular complexity index is 1490. The fourth-order valence-electron chi connectivity index (χ4n) is 5.43. The zero-order chi connectivity index (χ0) is 27.6. The predicted molar refractivity (Wildman–Crippen MR) is 152 cm³/mol. The lowest BCUT2D eigenvalue weighted by Crippen LogP contribution is -2.29. The minimum atomic E-state index is -3.89. The van der Waals surface area contributed by atoms with Crippen molar-refractivity contribution < 1.29 is 27.4 Å². The van der Waals surface area contributed by atoms with Gasteiger partial charge in [-0.15, -0.1) is 0 Å². The van der Waals surface area contributed by atoms with Crippen molar-refractivity contribution in [1.29, 1.82) is 0 Å². The Morgan fingerprint density at radius 1 is 0.897 bits per heavy atom. The van der Waals surface area contributed by atoms with Crippen LogP contribution in [0.3, 0.4) is 0 Å². The second kappa shape index (κ2) is 11.1. The van der Waals surface area contributed by atoms with Crippen molar-refractivity contribution in [3.8, 4) is 23.0 Å². The molecule has 3 aromatic carbocycles. The highest BCUT2D eigenvalue weighted by atomic mass is 32.2. The smallest absolute Gasteiger partial charge is 0.262 e. The molecule has 1 aliphatic heterocycles. The number of anilines is 2. The summed E-state index contributed by atoms with van der Waals surface area (Å²) in [5, 5.41) is 3.68. The summed E-state index contributed by atoms with van der Waals surface area (Å²) < 4.78 is 51.8. The van der Waals surface area contributed by atoms with Crippen LogP contribution in [0.1, 0.15) is 43.4 Å². The van der Waals surface area contributed by atoms with Crippen molar-refractivity contribution in [3.05, 3.63) is 77.9 Å². The first-order valence-electron chi connectivity index (χ1n) is 13.1. The molecule has 2 aliphatic rings. The van der Waals surface area contributed by atoms with Gasteiger partial charge in [-0.1, -0.05) is 18.2 Å². The van der Waals surface area contributed by atoms with Crippen LogP contribution < -0.4 is 29.0 Å². The molecule has 3 atom stereocenters. The van der Waals surface area contributed by atoms with E-state index < -0.39 is 10.0 Å². The Morgan fingerprint density at radius 3 is 2.41 bits per heavy atom. The van der Waals surface area contributed by atoms with Gasteiger partial charge in [0, 0.05) is 17.7 Å². The first-order chi connectivity index (χ1) is 18.9. The van der Waals surface area contributed by atoms with Crippen LogP contribution in [-0.4, -0.2) is 35.9 Å². The summed E-state index contributed by atoms with van der Waals surface area (Å²) >= 11 is 0. The van der Waals surface area contributed by atoms with Crippen LogP contribution in [0.15, 0.2) is 71.6 Å². The quantitative estimate of drug-likeness (QED) is 0.293. The van der Waals surface area contributed by atoms with Gasteiger partial charge in [-0.2, -0.15) is 0 Å². The molecule has 0 saturated heterocycles. The molecular weight excluding hydrogens is 516 g/mol. The molecule has 0 saturated carbocycles. The fraction of sp³-hybridized carbons (Fsp3) is 0.333. The van der Waals surface area contributed by atoms with E-state index in [1.807, 2.05) is 26.0 Å². The van der Waals surface area contributed by atoms with Crippen molar-refractivity contribution in [2.24, 2.45) is 5.92 Å². The number of hydrogen-bond donors (Lipinski definition) is 2. The molecule has 0 bridgehead atoms. The first kappa shape index (κ1) is 26.7. The average molecular weight is 551 g/mol. The van der Waals surface area contributed by atoms with E-state index in [1.54, 1.807) is 30.3 Å². The van der Waals surface area contributed by atoms with Crippen LogP contribution >= 0.6 is 0 Å². The van der Waals surface area contributed by atoms with Gasteiger partial charge in [0.25, 0.3) is 10.0 Å². The number of benzene rings is 3. The predicted octanol–water partition coefficient (Wildman–Crippen LogP) is 6.13. The fourth-order valence-corrected chi connectivity index (χ4v) is 6.52. The van der Waals surface area contributed by atoms with Crippen molar-refractivity contribution in [3.63, 3.8) is 0 Å². The molecule has 1 heterocycles. The summed E-state index contributed by atoms with van der Waals surface area (Å²) in [6, 6.07) is 16.4. The molecule has 39 heavy (non-hydrogen) atoms. The van der Waals surface area contributed by atoms with E-state index in [-0.39, 0.29) is 22.8 Å². The zero-order valence-electron chi connectivity index (χ0n) is 22.6. The Hall–Kier alpha value is -3.85. The molecule has 0 amide bonds. The highest BCUT2D eigenvalue weighted by Gasteiger charge is 2.39. The van der Waals surface area contributed by atoms with Crippen molar-refractivity contribution in [1.82, 2.24) is 0 Å². The Kier molecular flexibility index (Phi) is 7.61. The third-order valence-electron chi connectivity index (χ3n) is 7.22. The summed E-state index contributed by atoms with van der Waals surface area (Å²) in [5.74, 6) is 2.70. The van der Waals surface area contributed by atoms with Gasteiger partial charge >= 0.3 is 0 Å². The molecule has 0 radical (unpaired) electrons. The average Bonchev–Trinajstić information content (AvgIpc) is 3.44. The van der Waals surface area contributed by atoms with Crippen LogP contribution in [0.2, 0.25) is 0 Å². The second-order valence-electron chi connectivity index (χ2n) is 9.47. The third kappa shape index (κ3) is 5.23. The van der Waals surface area contributed by atoms with Gasteiger partial charge in [-0.05, 0) is 79.8 Å². The zero-order valence-corrected chi connectivity index (χ0v) is 23.4. The lowest BCUT2D eigenvalue weighted by Gasteiger charge is -2.38. The molecule has 1 aliphatic carbocycles. The monoisotopic (exact) mass is 550 g/mol. The number of nitrogens with one attached hydrogen (secondary N) is 2. The van der Waals surface area contributed by atoms with E-state index in [2.05, 4.69) is 34.3 Å². The van der Waals surface area contributed by atoms with Crippen molar-refractivity contribution in [2.45, 2.75) is 37.1 Å². The summed E-state index contributed by atoms with van der Waals surface area (Å²) in [7, 11) is -0.866. The lowest BCUT2D eigenvalue weighted by molar-refractivity contribution is 0.287. The van der Waals surface area contributed by atoms with Gasteiger partial charge in [0.1, 0.15) is 11.5 Å². The van der Waals surface area contributed by atoms with E-state index in [4.69, 9.17) is 18.9 Å². The van der Waals surface area contributed by atoms with E-state index >= 15 is 0 Å². The Labute approximate surface area is 230 Å². The van der Waals surface area contributed by atoms with Crippen LogP contribution in [0.5, 0.6) is 23.0 Å². The highest BCUT2D eigenvalue weighted by molar-refractivity contribution is 7.92. The third-order valence-corrected chi connectivity index (χ3v) is 8.59.